The molecule has 0 spiro atoms. The summed E-state index contributed by atoms with van der Waals surface area (Å²) in [6, 6.07) is 7.21. The quantitative estimate of drug-likeness (QED) is 0.598. The normalized spacial score (nSPS) is 33.4. The van der Waals surface area contributed by atoms with Gasteiger partial charge in [-0.25, -0.2) is 0 Å². The Kier molecular flexibility index (Phi) is 1.83. The minimum Gasteiger partial charge on any atom is -0.387 e. The van der Waals surface area contributed by atoms with E-state index < -0.39 is 17.6 Å². The van der Waals surface area contributed by atoms with E-state index in [0.717, 1.165) is 11.1 Å². The summed E-state index contributed by atoms with van der Waals surface area (Å²) in [5, 5.41) is 18.4. The van der Waals surface area contributed by atoms with Crippen molar-refractivity contribution in [2.75, 3.05) is 0 Å². The molecule has 0 fully saturated rings. The minimum atomic E-state index is -0.738. The average Bonchev–Trinajstić information content (AvgIpc) is 2.33. The summed E-state index contributed by atoms with van der Waals surface area (Å²) in [6.45, 7) is 0. The van der Waals surface area contributed by atoms with Gasteiger partial charge in [0.2, 0.25) is 0 Å². The van der Waals surface area contributed by atoms with Crippen LogP contribution in [0.5, 0.6) is 0 Å². The Bertz CT molecular complexity index is 271. The zero-order valence-electron chi connectivity index (χ0n) is 6.31. The Morgan fingerprint density at radius 1 is 1.00 bits per heavy atom. The Balaban J connectivity index is 2.52. The van der Waals surface area contributed by atoms with Crippen LogP contribution >= 0.6 is 11.6 Å². The van der Waals surface area contributed by atoms with Crippen molar-refractivity contribution in [3.05, 3.63) is 35.4 Å². The summed E-state index contributed by atoms with van der Waals surface area (Å²) in [7, 11) is 0. The summed E-state index contributed by atoms with van der Waals surface area (Å²) in [5.41, 5.74) is 1.48. The number of rotatable bonds is 0. The smallest absolute Gasteiger partial charge is 0.0985 e. The van der Waals surface area contributed by atoms with Crippen LogP contribution in [0.4, 0.5) is 0 Å². The molecule has 3 heteroatoms. The highest BCUT2D eigenvalue weighted by molar-refractivity contribution is 6.21. The Morgan fingerprint density at radius 3 is 1.83 bits per heavy atom. The second-order valence-electron chi connectivity index (χ2n) is 2.96. The van der Waals surface area contributed by atoms with Gasteiger partial charge in [-0.15, -0.1) is 11.6 Å². The van der Waals surface area contributed by atoms with Crippen LogP contribution in [0, 0.1) is 0 Å². The number of halogens is 1. The van der Waals surface area contributed by atoms with Gasteiger partial charge in [-0.05, 0) is 11.1 Å². The first-order chi connectivity index (χ1) is 5.72. The third kappa shape index (κ3) is 0.959. The maximum Gasteiger partial charge on any atom is 0.0985 e. The fourth-order valence-corrected chi connectivity index (χ4v) is 1.84. The van der Waals surface area contributed by atoms with Gasteiger partial charge in [0, 0.05) is 0 Å². The number of hydrogen-bond donors (Lipinski definition) is 2. The van der Waals surface area contributed by atoms with Crippen molar-refractivity contribution in [1.29, 1.82) is 0 Å². The highest BCUT2D eigenvalue weighted by Gasteiger charge is 2.36. The number of hydrogen-bond acceptors (Lipinski definition) is 2. The number of benzene rings is 1. The van der Waals surface area contributed by atoms with E-state index in [1.165, 1.54) is 0 Å². The maximum atomic E-state index is 9.53. The molecular weight excluding hydrogens is 176 g/mol. The molecule has 0 aliphatic heterocycles. The molecule has 0 heterocycles. The molecule has 0 bridgehead atoms. The SMILES string of the molecule is OC1c2ccccc2C(O)C1Cl. The molecule has 0 saturated heterocycles. The third-order valence-corrected chi connectivity index (χ3v) is 2.71. The third-order valence-electron chi connectivity index (χ3n) is 2.24. The number of alkyl halides is 1. The van der Waals surface area contributed by atoms with E-state index in [1.54, 1.807) is 12.1 Å². The molecule has 0 radical (unpaired) electrons. The van der Waals surface area contributed by atoms with Crippen molar-refractivity contribution in [3.63, 3.8) is 0 Å². The van der Waals surface area contributed by atoms with E-state index in [-0.39, 0.29) is 0 Å². The Morgan fingerprint density at radius 2 is 1.42 bits per heavy atom. The molecule has 2 rings (SSSR count). The Hall–Kier alpha value is -0.570. The second-order valence-corrected chi connectivity index (χ2v) is 3.47. The van der Waals surface area contributed by atoms with Gasteiger partial charge in [-0.3, -0.25) is 0 Å². The van der Waals surface area contributed by atoms with Gasteiger partial charge in [0.05, 0.1) is 17.6 Å². The molecule has 1 aromatic rings. The van der Waals surface area contributed by atoms with Gasteiger partial charge in [0.25, 0.3) is 0 Å². The van der Waals surface area contributed by atoms with Crippen molar-refractivity contribution >= 4 is 11.6 Å². The topological polar surface area (TPSA) is 40.5 Å². The molecule has 0 saturated carbocycles. The van der Waals surface area contributed by atoms with Gasteiger partial charge in [0.15, 0.2) is 0 Å². The van der Waals surface area contributed by atoms with Gasteiger partial charge in [0.1, 0.15) is 0 Å². The van der Waals surface area contributed by atoms with Crippen LogP contribution in [-0.4, -0.2) is 15.6 Å². The van der Waals surface area contributed by atoms with E-state index >= 15 is 0 Å². The van der Waals surface area contributed by atoms with Crippen LogP contribution in [0.25, 0.3) is 0 Å². The summed E-state index contributed by atoms with van der Waals surface area (Å²) < 4.78 is 0. The molecule has 1 aliphatic rings. The van der Waals surface area contributed by atoms with Crippen LogP contribution in [0.15, 0.2) is 24.3 Å². The molecule has 0 aromatic heterocycles. The van der Waals surface area contributed by atoms with E-state index in [1.807, 2.05) is 12.1 Å². The first-order valence-electron chi connectivity index (χ1n) is 3.81. The van der Waals surface area contributed by atoms with Crippen LogP contribution in [0.2, 0.25) is 0 Å². The molecule has 2 N–H and O–H groups in total. The van der Waals surface area contributed by atoms with E-state index in [2.05, 4.69) is 0 Å². The predicted molar refractivity (Wildman–Crippen MR) is 46.0 cm³/mol. The van der Waals surface area contributed by atoms with Crippen molar-refractivity contribution in [2.45, 2.75) is 17.6 Å². The molecule has 64 valence electrons. The van der Waals surface area contributed by atoms with Crippen LogP contribution in [0.1, 0.15) is 23.3 Å². The fraction of sp³-hybridized carbons (Fsp3) is 0.333. The number of aliphatic hydroxyl groups excluding tert-OH is 2. The summed E-state index contributed by atoms with van der Waals surface area (Å²) in [4.78, 5) is 0. The van der Waals surface area contributed by atoms with Gasteiger partial charge in [-0.2, -0.15) is 0 Å². The largest absolute Gasteiger partial charge is 0.387 e. The second kappa shape index (κ2) is 2.73. The zero-order chi connectivity index (χ0) is 8.72. The average molecular weight is 185 g/mol. The monoisotopic (exact) mass is 184 g/mol. The summed E-state index contributed by atoms with van der Waals surface area (Å²) in [6.07, 6.45) is -1.48. The van der Waals surface area contributed by atoms with Crippen molar-refractivity contribution in [2.24, 2.45) is 0 Å². The first kappa shape index (κ1) is 8.05. The maximum absolute atomic E-state index is 9.53. The molecule has 2 nitrogen and oxygen atoms in total. The van der Waals surface area contributed by atoms with Gasteiger partial charge >= 0.3 is 0 Å². The molecular formula is C9H9ClO2. The lowest BCUT2D eigenvalue weighted by molar-refractivity contribution is 0.112. The van der Waals surface area contributed by atoms with Crippen LogP contribution < -0.4 is 0 Å². The molecule has 2 atom stereocenters. The Labute approximate surface area is 75.4 Å². The molecule has 0 amide bonds. The minimum absolute atomic E-state index is 0.609. The number of fused-ring (bicyclic) bond motifs is 1. The first-order valence-corrected chi connectivity index (χ1v) is 4.24. The standard InChI is InChI=1S/C9H9ClO2/c10-7-8(11)5-3-1-2-4-6(5)9(7)12/h1-4,7-9,11-12H. The molecule has 1 aliphatic carbocycles. The molecule has 12 heavy (non-hydrogen) atoms. The summed E-state index contributed by atoms with van der Waals surface area (Å²) >= 11 is 5.78. The lowest BCUT2D eigenvalue weighted by Gasteiger charge is -2.08. The van der Waals surface area contributed by atoms with E-state index in [4.69, 9.17) is 11.6 Å². The number of aliphatic hydroxyl groups is 2. The zero-order valence-corrected chi connectivity index (χ0v) is 7.07. The fourth-order valence-electron chi connectivity index (χ4n) is 1.57. The van der Waals surface area contributed by atoms with Crippen LogP contribution in [-0.2, 0) is 0 Å². The predicted octanol–water partition coefficient (Wildman–Crippen LogP) is 1.37. The highest BCUT2D eigenvalue weighted by Crippen LogP contribution is 2.41. The van der Waals surface area contributed by atoms with Crippen molar-refractivity contribution in [3.8, 4) is 0 Å². The van der Waals surface area contributed by atoms with E-state index in [0.29, 0.717) is 0 Å². The van der Waals surface area contributed by atoms with Crippen molar-refractivity contribution in [1.82, 2.24) is 0 Å². The summed E-state index contributed by atoms with van der Waals surface area (Å²) in [5.74, 6) is 0. The van der Waals surface area contributed by atoms with E-state index in [9.17, 15) is 10.2 Å². The molecule has 2 unspecified atom stereocenters. The van der Waals surface area contributed by atoms with Gasteiger partial charge in [-0.1, -0.05) is 24.3 Å². The van der Waals surface area contributed by atoms with Crippen molar-refractivity contribution < 1.29 is 10.2 Å². The lowest BCUT2D eigenvalue weighted by atomic mass is 10.1. The molecule has 1 aromatic carbocycles. The van der Waals surface area contributed by atoms with Crippen LogP contribution in [0.3, 0.4) is 0 Å². The lowest BCUT2D eigenvalue weighted by Crippen LogP contribution is -2.10. The van der Waals surface area contributed by atoms with Gasteiger partial charge < -0.3 is 10.2 Å². The highest BCUT2D eigenvalue weighted by atomic mass is 35.5.